The number of aliphatic hydroxyl groups excluding tert-OH is 2. The number of carbonyl (C=O) groups is 1. The molecule has 2 aromatic heterocycles. The Morgan fingerprint density at radius 1 is 1.03 bits per heavy atom. The molecule has 1 fully saturated rings. The van der Waals surface area contributed by atoms with Crippen LogP contribution >= 0.6 is 0 Å². The average Bonchev–Trinajstić information content (AvgIpc) is 2.95. The zero-order valence-electron chi connectivity index (χ0n) is 17.1. The summed E-state index contributed by atoms with van der Waals surface area (Å²) in [6.07, 6.45) is -5.85. The molecule has 1 aromatic carbocycles. The molecule has 4 atom stereocenters. The molecule has 1 aliphatic rings. The van der Waals surface area contributed by atoms with Crippen molar-refractivity contribution < 1.29 is 32.9 Å². The molecule has 1 amide bonds. The van der Waals surface area contributed by atoms with Crippen molar-refractivity contribution in [2.45, 2.75) is 44.3 Å². The van der Waals surface area contributed by atoms with Crippen LogP contribution < -0.4 is 4.74 Å². The summed E-state index contributed by atoms with van der Waals surface area (Å²) in [6, 6.07) is 8.91. The van der Waals surface area contributed by atoms with Gasteiger partial charge in [-0.1, -0.05) is 6.07 Å². The second-order valence-corrected chi connectivity index (χ2v) is 7.71. The van der Waals surface area contributed by atoms with E-state index in [-0.39, 0.29) is 11.6 Å². The van der Waals surface area contributed by atoms with Gasteiger partial charge in [0, 0.05) is 17.6 Å². The number of amides is 1. The fourth-order valence-corrected chi connectivity index (χ4v) is 3.79. The minimum atomic E-state index is -4.48. The summed E-state index contributed by atoms with van der Waals surface area (Å²) in [6.45, 7) is 3.32. The summed E-state index contributed by atoms with van der Waals surface area (Å²) in [5, 5.41) is 20.7. The first kappa shape index (κ1) is 22.0. The van der Waals surface area contributed by atoms with Crippen molar-refractivity contribution in [3.8, 4) is 11.6 Å². The number of pyridine rings is 2. The fourth-order valence-electron chi connectivity index (χ4n) is 3.79. The number of fused-ring (bicyclic) bond motifs is 1. The van der Waals surface area contributed by atoms with E-state index >= 15 is 0 Å². The third kappa shape index (κ3) is 3.98. The molecule has 3 heterocycles. The lowest BCUT2D eigenvalue weighted by Crippen LogP contribution is -2.41. The molecule has 4 rings (SSSR count). The lowest BCUT2D eigenvalue weighted by molar-refractivity contribution is -0.137. The van der Waals surface area contributed by atoms with E-state index in [1.807, 2.05) is 0 Å². The Kier molecular flexibility index (Phi) is 5.51. The number of likely N-dealkylation sites (tertiary alicyclic amines) is 1. The Morgan fingerprint density at radius 3 is 2.31 bits per heavy atom. The van der Waals surface area contributed by atoms with E-state index < -0.39 is 41.9 Å². The number of rotatable bonds is 3. The Bertz CT molecular complexity index is 1140. The number of carbonyl (C=O) groups excluding carboxylic acids is 1. The van der Waals surface area contributed by atoms with Crippen molar-refractivity contribution in [2.75, 3.05) is 0 Å². The third-order valence-electron chi connectivity index (χ3n) is 5.62. The quantitative estimate of drug-likeness (QED) is 0.639. The normalized spacial score (nSPS) is 23.5. The van der Waals surface area contributed by atoms with Crippen molar-refractivity contribution >= 4 is 16.8 Å². The van der Waals surface area contributed by atoms with Crippen LogP contribution in [0.25, 0.3) is 10.9 Å². The van der Waals surface area contributed by atoms with Gasteiger partial charge in [-0.3, -0.25) is 4.79 Å². The van der Waals surface area contributed by atoms with Crippen molar-refractivity contribution in [2.24, 2.45) is 0 Å². The molecular formula is C22H20F3N3O4. The lowest BCUT2D eigenvalue weighted by Gasteiger charge is -2.26. The number of nitrogens with zero attached hydrogens (tertiary/aromatic N) is 3. The highest BCUT2D eigenvalue weighted by Crippen LogP contribution is 2.31. The number of halogens is 3. The molecule has 1 aliphatic heterocycles. The average molecular weight is 447 g/mol. The van der Waals surface area contributed by atoms with Crippen LogP contribution in [0.5, 0.6) is 11.6 Å². The highest BCUT2D eigenvalue weighted by molar-refractivity contribution is 5.95. The van der Waals surface area contributed by atoms with Gasteiger partial charge >= 0.3 is 6.18 Å². The van der Waals surface area contributed by atoms with Gasteiger partial charge < -0.3 is 19.8 Å². The molecule has 2 unspecified atom stereocenters. The lowest BCUT2D eigenvalue weighted by atomic mass is 10.1. The number of aromatic nitrogens is 2. The van der Waals surface area contributed by atoms with Gasteiger partial charge in [-0.05, 0) is 44.2 Å². The van der Waals surface area contributed by atoms with Gasteiger partial charge in [0.15, 0.2) is 0 Å². The van der Waals surface area contributed by atoms with Crippen molar-refractivity contribution in [1.82, 2.24) is 14.9 Å². The number of alkyl halides is 3. The first-order valence-electron chi connectivity index (χ1n) is 9.87. The summed E-state index contributed by atoms with van der Waals surface area (Å²) in [7, 11) is 0. The summed E-state index contributed by atoms with van der Waals surface area (Å²) >= 11 is 0. The molecular weight excluding hydrogens is 427 g/mol. The molecule has 168 valence electrons. The SMILES string of the molecule is CC1[C@@H](O)[C@@H](O)C(C)N1C(=O)c1ccc2cc(Oc3ccc(C(F)(F)F)cn3)ccc2n1. The number of hydrogen-bond acceptors (Lipinski definition) is 6. The van der Waals surface area contributed by atoms with E-state index in [1.165, 1.54) is 11.0 Å². The smallest absolute Gasteiger partial charge is 0.417 e. The van der Waals surface area contributed by atoms with Crippen molar-refractivity contribution in [3.05, 3.63) is 59.9 Å². The van der Waals surface area contributed by atoms with Crippen LogP contribution in [0.15, 0.2) is 48.7 Å². The Balaban J connectivity index is 1.54. The Labute approximate surface area is 181 Å². The number of ether oxygens (including phenoxy) is 1. The van der Waals surface area contributed by atoms with Gasteiger partial charge in [-0.2, -0.15) is 13.2 Å². The minimum Gasteiger partial charge on any atom is -0.439 e. The Morgan fingerprint density at radius 2 is 1.72 bits per heavy atom. The number of aliphatic hydroxyl groups is 2. The van der Waals surface area contributed by atoms with Crippen molar-refractivity contribution in [3.63, 3.8) is 0 Å². The van der Waals surface area contributed by atoms with E-state index in [9.17, 15) is 28.2 Å². The predicted octanol–water partition coefficient (Wildman–Crippen LogP) is 3.40. The summed E-state index contributed by atoms with van der Waals surface area (Å²) in [4.78, 5) is 22.4. The number of hydrogen-bond donors (Lipinski definition) is 2. The first-order valence-corrected chi connectivity index (χ1v) is 9.87. The molecule has 2 N–H and O–H groups in total. The van der Waals surface area contributed by atoms with Crippen LogP contribution in [0.2, 0.25) is 0 Å². The van der Waals surface area contributed by atoms with Gasteiger partial charge in [0.25, 0.3) is 5.91 Å². The largest absolute Gasteiger partial charge is 0.439 e. The van der Waals surface area contributed by atoms with E-state index in [0.29, 0.717) is 22.8 Å². The zero-order valence-corrected chi connectivity index (χ0v) is 17.1. The van der Waals surface area contributed by atoms with E-state index in [4.69, 9.17) is 4.74 Å². The molecule has 0 spiro atoms. The van der Waals surface area contributed by atoms with E-state index in [2.05, 4.69) is 9.97 Å². The molecule has 0 radical (unpaired) electrons. The van der Waals surface area contributed by atoms with Crippen LogP contribution in [0, 0.1) is 0 Å². The first-order chi connectivity index (χ1) is 15.1. The summed E-state index contributed by atoms with van der Waals surface area (Å²) in [5.74, 6) is -0.0540. The fraction of sp³-hybridized carbons (Fsp3) is 0.318. The van der Waals surface area contributed by atoms with Crippen LogP contribution in [0.1, 0.15) is 29.9 Å². The van der Waals surface area contributed by atoms with Crippen LogP contribution in [0.4, 0.5) is 13.2 Å². The maximum atomic E-state index is 12.9. The second-order valence-electron chi connectivity index (χ2n) is 7.71. The van der Waals surface area contributed by atoms with Gasteiger partial charge in [-0.25, -0.2) is 9.97 Å². The molecule has 1 saturated heterocycles. The highest BCUT2D eigenvalue weighted by Gasteiger charge is 2.45. The van der Waals surface area contributed by atoms with Crippen molar-refractivity contribution in [1.29, 1.82) is 0 Å². The summed E-state index contributed by atoms with van der Waals surface area (Å²) in [5.41, 5.74) is -0.203. The van der Waals surface area contributed by atoms with E-state index in [1.54, 1.807) is 38.1 Å². The van der Waals surface area contributed by atoms with Crippen LogP contribution in [0.3, 0.4) is 0 Å². The number of benzene rings is 1. The van der Waals surface area contributed by atoms with Crippen LogP contribution in [-0.4, -0.2) is 55.3 Å². The summed E-state index contributed by atoms with van der Waals surface area (Å²) < 4.78 is 43.5. The highest BCUT2D eigenvalue weighted by atomic mass is 19.4. The zero-order chi connectivity index (χ0) is 23.2. The monoisotopic (exact) mass is 447 g/mol. The second kappa shape index (κ2) is 8.03. The minimum absolute atomic E-state index is 0.00577. The standard InChI is InChI=1S/C22H20F3N3O4/c1-11-19(29)20(30)12(2)28(11)21(31)17-6-3-13-9-15(5-7-16(13)27-17)32-18-8-4-14(10-26-18)22(23,24)25/h3-12,19-20,29-30H,1-2H3/t11?,12?,19-,20+. The molecule has 7 nitrogen and oxygen atoms in total. The topological polar surface area (TPSA) is 95.8 Å². The Hall–Kier alpha value is -3.24. The molecule has 0 saturated carbocycles. The molecule has 32 heavy (non-hydrogen) atoms. The maximum Gasteiger partial charge on any atom is 0.417 e. The molecule has 3 aromatic rings. The van der Waals surface area contributed by atoms with Crippen LogP contribution in [-0.2, 0) is 6.18 Å². The van der Waals surface area contributed by atoms with Gasteiger partial charge in [0.2, 0.25) is 5.88 Å². The third-order valence-corrected chi connectivity index (χ3v) is 5.62. The molecule has 0 bridgehead atoms. The molecule has 0 aliphatic carbocycles. The predicted molar refractivity (Wildman–Crippen MR) is 108 cm³/mol. The molecule has 10 heteroatoms. The van der Waals surface area contributed by atoms with Gasteiger partial charge in [0.1, 0.15) is 23.7 Å². The van der Waals surface area contributed by atoms with Gasteiger partial charge in [0.05, 0.1) is 23.2 Å². The van der Waals surface area contributed by atoms with Gasteiger partial charge in [-0.15, -0.1) is 0 Å². The maximum absolute atomic E-state index is 12.9. The van der Waals surface area contributed by atoms with E-state index in [0.717, 1.165) is 12.1 Å².